The summed E-state index contributed by atoms with van der Waals surface area (Å²) in [6, 6.07) is 8.18. The minimum atomic E-state index is -0.627. The number of phenolic OH excluding ortho intramolecular Hbond substituents is 1. The maximum absolute atomic E-state index is 11.9. The van der Waals surface area contributed by atoms with Gasteiger partial charge < -0.3 is 21.9 Å². The Kier molecular flexibility index (Phi) is 6.14. The number of rotatable bonds is 4. The fraction of sp³-hybridized carbons (Fsp3) is 0. The summed E-state index contributed by atoms with van der Waals surface area (Å²) in [5.41, 5.74) is 12.6. The summed E-state index contributed by atoms with van der Waals surface area (Å²) in [7, 11) is 0. The number of carbonyl (C=O) groups is 1. The molecule has 1 amide bonds. The summed E-state index contributed by atoms with van der Waals surface area (Å²) in [4.78, 5) is 21.9. The molecule has 0 unspecified atom stereocenters. The van der Waals surface area contributed by atoms with Gasteiger partial charge in [-0.15, -0.1) is 12.4 Å². The highest BCUT2D eigenvalue weighted by Crippen LogP contribution is 2.27. The molecule has 0 aliphatic rings. The quantitative estimate of drug-likeness (QED) is 0.219. The van der Waals surface area contributed by atoms with Gasteiger partial charge in [-0.25, -0.2) is 0 Å². The monoisotopic (exact) mass is 350 g/mol. The number of aromatic hydroxyl groups is 1. The minimum absolute atomic E-state index is 0. The normalized spacial score (nSPS) is 10.2. The third kappa shape index (κ3) is 4.62. The number of hydrogen-bond donors (Lipinski definition) is 4. The summed E-state index contributed by atoms with van der Waals surface area (Å²) in [6.45, 7) is 0. The van der Waals surface area contributed by atoms with E-state index in [0.29, 0.717) is 16.9 Å². The van der Waals surface area contributed by atoms with Crippen molar-refractivity contribution in [1.29, 1.82) is 0 Å². The van der Waals surface area contributed by atoms with Crippen LogP contribution in [0.4, 0.5) is 22.7 Å². The van der Waals surface area contributed by atoms with Gasteiger partial charge >= 0.3 is 0 Å². The fourth-order valence-electron chi connectivity index (χ4n) is 1.82. The summed E-state index contributed by atoms with van der Waals surface area (Å²) in [5.74, 6) is -0.858. The number of nitro groups is 1. The predicted molar refractivity (Wildman–Crippen MR) is 94.9 cm³/mol. The lowest BCUT2D eigenvalue weighted by Crippen LogP contribution is -2.08. The van der Waals surface area contributed by atoms with Gasteiger partial charge in [-0.3, -0.25) is 14.9 Å². The second-order valence-corrected chi connectivity index (χ2v) is 4.67. The molecule has 0 radical (unpaired) electrons. The zero-order valence-electron chi connectivity index (χ0n) is 12.3. The largest absolute Gasteiger partial charge is 0.506 e. The van der Waals surface area contributed by atoms with E-state index in [1.165, 1.54) is 12.2 Å². The topological polar surface area (TPSA) is 145 Å². The summed E-state index contributed by atoms with van der Waals surface area (Å²) in [5, 5.41) is 22.7. The molecule has 0 saturated carbocycles. The summed E-state index contributed by atoms with van der Waals surface area (Å²) in [6.07, 6.45) is 2.64. The molecule has 0 atom stereocenters. The lowest BCUT2D eigenvalue weighted by Gasteiger charge is -2.05. The first-order valence-electron chi connectivity index (χ1n) is 6.48. The van der Waals surface area contributed by atoms with Crippen LogP contribution in [0.5, 0.6) is 5.75 Å². The van der Waals surface area contributed by atoms with Gasteiger partial charge in [-0.1, -0.05) is 0 Å². The Labute approximate surface area is 143 Å². The molecular formula is C15H15ClN4O4. The van der Waals surface area contributed by atoms with Crippen LogP contribution >= 0.6 is 12.4 Å². The number of amides is 1. The van der Waals surface area contributed by atoms with Gasteiger partial charge in [0.1, 0.15) is 5.75 Å². The highest BCUT2D eigenvalue weighted by atomic mass is 35.5. The van der Waals surface area contributed by atoms with Gasteiger partial charge in [0, 0.05) is 29.6 Å². The van der Waals surface area contributed by atoms with E-state index in [0.717, 1.165) is 18.2 Å². The first kappa shape index (κ1) is 18.8. The number of benzene rings is 2. The Balaban J connectivity index is 0.00000288. The molecule has 6 N–H and O–H groups in total. The molecule has 2 aromatic rings. The molecule has 0 bridgehead atoms. The maximum atomic E-state index is 11.9. The molecule has 8 nitrogen and oxygen atoms in total. The van der Waals surface area contributed by atoms with Gasteiger partial charge in [-0.05, 0) is 35.9 Å². The Hall–Kier alpha value is -3.26. The number of anilines is 3. The lowest BCUT2D eigenvalue weighted by molar-refractivity contribution is -0.384. The van der Waals surface area contributed by atoms with E-state index < -0.39 is 10.8 Å². The molecule has 0 saturated heterocycles. The zero-order valence-corrected chi connectivity index (χ0v) is 13.1. The van der Waals surface area contributed by atoms with Crippen LogP contribution in [-0.4, -0.2) is 15.9 Å². The average molecular weight is 351 g/mol. The van der Waals surface area contributed by atoms with E-state index in [1.54, 1.807) is 18.2 Å². The van der Waals surface area contributed by atoms with Crippen molar-refractivity contribution >= 4 is 47.1 Å². The number of nitrogens with two attached hydrogens (primary N) is 2. The Bertz CT molecular complexity index is 808. The molecule has 0 aromatic heterocycles. The molecule has 0 aliphatic heterocycles. The van der Waals surface area contributed by atoms with Gasteiger partial charge in [0.05, 0.1) is 10.6 Å². The van der Waals surface area contributed by atoms with Crippen molar-refractivity contribution in [1.82, 2.24) is 0 Å². The maximum Gasteiger partial charge on any atom is 0.271 e. The molecule has 0 spiro atoms. The predicted octanol–water partition coefficient (Wildman–Crippen LogP) is 2.54. The average Bonchev–Trinajstić information content (AvgIpc) is 2.50. The first-order valence-corrected chi connectivity index (χ1v) is 6.48. The number of nitro benzene ring substituents is 1. The number of nitrogen functional groups attached to an aromatic ring is 2. The molecule has 24 heavy (non-hydrogen) atoms. The van der Waals surface area contributed by atoms with Crippen LogP contribution in [0, 0.1) is 10.1 Å². The lowest BCUT2D eigenvalue weighted by atomic mass is 10.1. The van der Waals surface area contributed by atoms with Gasteiger partial charge in [0.2, 0.25) is 5.91 Å². The highest BCUT2D eigenvalue weighted by molar-refractivity contribution is 6.03. The van der Waals surface area contributed by atoms with E-state index in [1.807, 2.05) is 0 Å². The van der Waals surface area contributed by atoms with Gasteiger partial charge in [0.25, 0.3) is 5.69 Å². The third-order valence-corrected chi connectivity index (χ3v) is 2.97. The van der Waals surface area contributed by atoms with Crippen molar-refractivity contribution in [2.24, 2.45) is 0 Å². The molecule has 9 heteroatoms. The number of halogens is 1. The summed E-state index contributed by atoms with van der Waals surface area (Å²) >= 11 is 0. The number of non-ortho nitro benzene ring substituents is 1. The van der Waals surface area contributed by atoms with Crippen molar-refractivity contribution in [3.8, 4) is 5.75 Å². The highest BCUT2D eigenvalue weighted by Gasteiger charge is 2.11. The molecule has 0 fully saturated rings. The molecule has 0 heterocycles. The van der Waals surface area contributed by atoms with Crippen molar-refractivity contribution in [3.05, 3.63) is 58.2 Å². The second-order valence-electron chi connectivity index (χ2n) is 4.67. The second kappa shape index (κ2) is 7.84. The van der Waals surface area contributed by atoms with E-state index >= 15 is 0 Å². The number of phenols is 1. The first-order chi connectivity index (χ1) is 10.9. The van der Waals surface area contributed by atoms with Crippen LogP contribution in [0.1, 0.15) is 5.56 Å². The molecule has 2 rings (SSSR count). The van der Waals surface area contributed by atoms with Crippen molar-refractivity contribution in [3.63, 3.8) is 0 Å². The van der Waals surface area contributed by atoms with Crippen LogP contribution < -0.4 is 16.8 Å². The molecular weight excluding hydrogens is 336 g/mol. The number of nitrogens with one attached hydrogen (secondary N) is 1. The number of hydrogen-bond acceptors (Lipinski definition) is 6. The van der Waals surface area contributed by atoms with Crippen LogP contribution in [0.3, 0.4) is 0 Å². The molecule has 2 aromatic carbocycles. The van der Waals surface area contributed by atoms with Crippen LogP contribution in [0.2, 0.25) is 0 Å². The van der Waals surface area contributed by atoms with Crippen LogP contribution in [0.15, 0.2) is 42.5 Å². The van der Waals surface area contributed by atoms with E-state index in [2.05, 4.69) is 5.32 Å². The molecule has 126 valence electrons. The zero-order chi connectivity index (χ0) is 17.0. The van der Waals surface area contributed by atoms with Crippen molar-refractivity contribution in [2.75, 3.05) is 16.8 Å². The standard InChI is InChI=1S/C15H14N4O4.ClH/c16-10-2-4-12(17)9(7-10)1-6-15(21)18-13-8-11(19(22)23)3-5-14(13)20;/h1-8,20H,16-17H2,(H,18,21);1H/b6-1+;. The van der Waals surface area contributed by atoms with E-state index in [-0.39, 0.29) is 29.5 Å². The smallest absolute Gasteiger partial charge is 0.271 e. The van der Waals surface area contributed by atoms with Crippen molar-refractivity contribution in [2.45, 2.75) is 0 Å². The third-order valence-electron chi connectivity index (χ3n) is 2.97. The fourth-order valence-corrected chi connectivity index (χ4v) is 1.82. The van der Waals surface area contributed by atoms with E-state index in [4.69, 9.17) is 11.5 Å². The van der Waals surface area contributed by atoms with Gasteiger partial charge in [0.15, 0.2) is 0 Å². The number of nitrogens with zero attached hydrogens (tertiary/aromatic N) is 1. The summed E-state index contributed by atoms with van der Waals surface area (Å²) < 4.78 is 0. The Morgan fingerprint density at radius 1 is 1.21 bits per heavy atom. The van der Waals surface area contributed by atoms with E-state index in [9.17, 15) is 20.0 Å². The van der Waals surface area contributed by atoms with Gasteiger partial charge in [-0.2, -0.15) is 0 Å². The Morgan fingerprint density at radius 2 is 1.92 bits per heavy atom. The Morgan fingerprint density at radius 3 is 2.58 bits per heavy atom. The SMILES string of the molecule is Cl.Nc1ccc(N)c(/C=C/C(=O)Nc2cc([N+](=O)[O-])ccc2O)c1. The number of carbonyl (C=O) groups excluding carboxylic acids is 1. The molecule has 0 aliphatic carbocycles. The van der Waals surface area contributed by atoms with Crippen molar-refractivity contribution < 1.29 is 14.8 Å². The van der Waals surface area contributed by atoms with Crippen LogP contribution in [-0.2, 0) is 4.79 Å². The van der Waals surface area contributed by atoms with Crippen LogP contribution in [0.25, 0.3) is 6.08 Å². The minimum Gasteiger partial charge on any atom is -0.506 e.